The van der Waals surface area contributed by atoms with Crippen LogP contribution in [0, 0.1) is 6.92 Å². The van der Waals surface area contributed by atoms with Crippen molar-refractivity contribution in [1.29, 1.82) is 0 Å². The zero-order valence-corrected chi connectivity index (χ0v) is 22.4. The van der Waals surface area contributed by atoms with Crippen molar-refractivity contribution in [2.24, 2.45) is 4.99 Å². The second kappa shape index (κ2) is 12.1. The van der Waals surface area contributed by atoms with E-state index in [-0.39, 0.29) is 11.6 Å². The average molecular weight is 500 g/mol. The van der Waals surface area contributed by atoms with Crippen molar-refractivity contribution in [3.8, 4) is 11.1 Å². The molecule has 0 atom stereocenters. The maximum Gasteiger partial charge on any atom is 0.260 e. The van der Waals surface area contributed by atoms with Gasteiger partial charge in [0.05, 0.1) is 5.70 Å². The number of nitrogens with zero attached hydrogens (tertiary/aromatic N) is 4. The third-order valence-electron chi connectivity index (χ3n) is 6.67. The Morgan fingerprint density at radius 3 is 2.65 bits per heavy atom. The fraction of sp³-hybridized carbons (Fsp3) is 0.400. The van der Waals surface area contributed by atoms with E-state index in [9.17, 15) is 4.79 Å². The monoisotopic (exact) mass is 499 g/mol. The zero-order valence-electron chi connectivity index (χ0n) is 22.4. The minimum absolute atomic E-state index is 0.0529. The van der Waals surface area contributed by atoms with Crippen molar-refractivity contribution in [1.82, 2.24) is 14.5 Å². The van der Waals surface area contributed by atoms with Crippen LogP contribution in [0.2, 0.25) is 0 Å². The Labute approximate surface area is 219 Å². The molecular formula is C30H37N5O2. The molecule has 7 heteroatoms. The van der Waals surface area contributed by atoms with Gasteiger partial charge in [-0.15, -0.1) is 0 Å². The molecule has 3 heterocycles. The first-order valence-corrected chi connectivity index (χ1v) is 13.2. The molecule has 1 N–H and O–H groups in total. The molecule has 0 bridgehead atoms. The zero-order chi connectivity index (χ0) is 26.4. The number of nitrogens with one attached hydrogen (secondary N) is 1. The van der Waals surface area contributed by atoms with Crippen molar-refractivity contribution in [2.75, 3.05) is 18.5 Å². The summed E-state index contributed by atoms with van der Waals surface area (Å²) in [4.78, 5) is 27.4. The Hall–Kier alpha value is -3.58. The van der Waals surface area contributed by atoms with E-state index < -0.39 is 0 Å². The van der Waals surface area contributed by atoms with Gasteiger partial charge in [0.2, 0.25) is 5.95 Å². The van der Waals surface area contributed by atoms with Gasteiger partial charge in [-0.25, -0.2) is 4.98 Å². The quantitative estimate of drug-likeness (QED) is 0.281. The first kappa shape index (κ1) is 26.5. The lowest BCUT2D eigenvalue weighted by atomic mass is 9.94. The molecule has 0 aliphatic carbocycles. The van der Waals surface area contributed by atoms with Crippen molar-refractivity contribution in [2.45, 2.75) is 66.0 Å². The fourth-order valence-corrected chi connectivity index (χ4v) is 4.75. The van der Waals surface area contributed by atoms with E-state index in [2.05, 4.69) is 47.9 Å². The summed E-state index contributed by atoms with van der Waals surface area (Å²) in [5, 5.41) is 4.25. The average Bonchev–Trinajstić information content (AvgIpc) is 2.91. The van der Waals surface area contributed by atoms with Crippen LogP contribution in [-0.2, 0) is 11.3 Å². The highest BCUT2D eigenvalue weighted by Crippen LogP contribution is 2.30. The number of pyridine rings is 1. The lowest BCUT2D eigenvalue weighted by Crippen LogP contribution is -2.29. The fourth-order valence-electron chi connectivity index (χ4n) is 4.75. The van der Waals surface area contributed by atoms with E-state index in [4.69, 9.17) is 9.72 Å². The van der Waals surface area contributed by atoms with Gasteiger partial charge in [0.25, 0.3) is 5.56 Å². The molecule has 1 aromatic carbocycles. The van der Waals surface area contributed by atoms with Crippen molar-refractivity contribution < 1.29 is 4.74 Å². The molecule has 0 radical (unpaired) electrons. The molecular weight excluding hydrogens is 462 g/mol. The predicted octanol–water partition coefficient (Wildman–Crippen LogP) is 6.17. The van der Waals surface area contributed by atoms with Crippen LogP contribution in [0.15, 0.2) is 58.6 Å². The van der Waals surface area contributed by atoms with Gasteiger partial charge < -0.3 is 10.1 Å². The molecule has 0 unspecified atom stereocenters. The molecule has 1 aliphatic heterocycles. The molecule has 1 saturated heterocycles. The number of aryl methyl sites for hydroxylation is 2. The van der Waals surface area contributed by atoms with Gasteiger partial charge in [-0.05, 0) is 62.3 Å². The lowest BCUT2D eigenvalue weighted by Gasteiger charge is -2.23. The normalized spacial score (nSPS) is 15.0. The van der Waals surface area contributed by atoms with Crippen LogP contribution in [0.1, 0.15) is 57.6 Å². The number of fused-ring (bicyclic) bond motifs is 1. The van der Waals surface area contributed by atoms with E-state index in [1.54, 1.807) is 10.8 Å². The van der Waals surface area contributed by atoms with Gasteiger partial charge in [0, 0.05) is 54.7 Å². The van der Waals surface area contributed by atoms with Crippen molar-refractivity contribution in [3.63, 3.8) is 0 Å². The summed E-state index contributed by atoms with van der Waals surface area (Å²) in [6, 6.07) is 8.38. The number of allylic oxidation sites excluding steroid dienone is 2. The maximum atomic E-state index is 13.6. The highest BCUT2D eigenvalue weighted by Gasteiger charge is 2.18. The van der Waals surface area contributed by atoms with Crippen molar-refractivity contribution in [3.05, 3.63) is 70.3 Å². The molecule has 0 saturated carbocycles. The van der Waals surface area contributed by atoms with Crippen molar-refractivity contribution >= 4 is 28.8 Å². The molecule has 37 heavy (non-hydrogen) atoms. The summed E-state index contributed by atoms with van der Waals surface area (Å²) in [7, 11) is 0. The molecule has 0 spiro atoms. The summed E-state index contributed by atoms with van der Waals surface area (Å²) in [6.45, 7) is 14.3. The highest BCUT2D eigenvalue weighted by molar-refractivity contribution is 5.85. The number of aliphatic imine (C=N–C) groups is 1. The number of rotatable bonds is 9. The van der Waals surface area contributed by atoms with Crippen LogP contribution in [0.4, 0.5) is 5.95 Å². The standard InChI is InChI=1S/C30H37N5O2/c1-6-9-26(21(5)31-14-7-2)22-10-11-25(20(4)17-22)27-18-23-19-32-30(33-24-12-15-37-16-13-24)34-28(23)35(8-3)29(27)36/h9-11,14,17-19,24H,5-8,12-13,15-16H2,1-4H3,(H,32,33,34)/b26-9+,31-14?. The van der Waals surface area contributed by atoms with Gasteiger partial charge in [-0.2, -0.15) is 4.98 Å². The molecule has 2 aromatic heterocycles. The third-order valence-corrected chi connectivity index (χ3v) is 6.67. The summed E-state index contributed by atoms with van der Waals surface area (Å²) < 4.78 is 7.18. The number of anilines is 1. The maximum absolute atomic E-state index is 13.6. The van der Waals surface area contributed by atoms with Gasteiger partial charge in [-0.1, -0.05) is 44.7 Å². The molecule has 1 aliphatic rings. The van der Waals surface area contributed by atoms with Crippen LogP contribution in [0.5, 0.6) is 0 Å². The highest BCUT2D eigenvalue weighted by atomic mass is 16.5. The van der Waals surface area contributed by atoms with E-state index in [0.29, 0.717) is 23.7 Å². The summed E-state index contributed by atoms with van der Waals surface area (Å²) >= 11 is 0. The Balaban J connectivity index is 1.72. The predicted molar refractivity (Wildman–Crippen MR) is 153 cm³/mol. The third kappa shape index (κ3) is 5.88. The number of benzene rings is 1. The molecule has 4 rings (SSSR count). The van der Waals surface area contributed by atoms with Crippen LogP contribution >= 0.6 is 0 Å². The Morgan fingerprint density at radius 1 is 1.19 bits per heavy atom. The molecule has 194 valence electrons. The van der Waals surface area contributed by atoms with E-state index in [0.717, 1.165) is 72.2 Å². The second-order valence-corrected chi connectivity index (χ2v) is 9.33. The molecule has 0 amide bonds. The largest absolute Gasteiger partial charge is 0.381 e. The first-order valence-electron chi connectivity index (χ1n) is 13.2. The molecule has 3 aromatic rings. The van der Waals surface area contributed by atoms with E-state index in [1.807, 2.05) is 38.3 Å². The van der Waals surface area contributed by atoms with Gasteiger partial charge in [0.15, 0.2) is 0 Å². The van der Waals surface area contributed by atoms with Gasteiger partial charge in [-0.3, -0.25) is 14.4 Å². The first-order chi connectivity index (χ1) is 18.0. The number of hydrogen-bond acceptors (Lipinski definition) is 6. The molecule has 1 fully saturated rings. The second-order valence-electron chi connectivity index (χ2n) is 9.33. The SMILES string of the molecule is C=C(N=CCC)/C(=C\CC)c1ccc(-c2cc3cnc(NC4CCOCC4)nc3n(CC)c2=O)c(C)c1. The topological polar surface area (TPSA) is 81.4 Å². The van der Waals surface area contributed by atoms with Crippen LogP contribution in [0.25, 0.3) is 27.7 Å². The van der Waals surface area contributed by atoms with E-state index in [1.165, 1.54) is 0 Å². The smallest absolute Gasteiger partial charge is 0.260 e. The Kier molecular flexibility index (Phi) is 8.66. The van der Waals surface area contributed by atoms with E-state index >= 15 is 0 Å². The Bertz CT molecular complexity index is 1400. The van der Waals surface area contributed by atoms with Gasteiger partial charge in [0.1, 0.15) is 5.65 Å². The van der Waals surface area contributed by atoms with Crippen LogP contribution in [-0.4, -0.2) is 40.0 Å². The summed E-state index contributed by atoms with van der Waals surface area (Å²) in [5.41, 5.74) is 5.98. The molecule has 7 nitrogen and oxygen atoms in total. The lowest BCUT2D eigenvalue weighted by molar-refractivity contribution is 0.0903. The number of hydrogen-bond donors (Lipinski definition) is 1. The number of ether oxygens (including phenoxy) is 1. The summed E-state index contributed by atoms with van der Waals surface area (Å²) in [5.74, 6) is 0.551. The number of aromatic nitrogens is 3. The van der Waals surface area contributed by atoms with Gasteiger partial charge >= 0.3 is 0 Å². The van der Waals surface area contributed by atoms with Crippen LogP contribution < -0.4 is 10.9 Å². The minimum atomic E-state index is -0.0529. The minimum Gasteiger partial charge on any atom is -0.381 e. The summed E-state index contributed by atoms with van der Waals surface area (Å²) in [6.07, 6.45) is 9.41. The van der Waals surface area contributed by atoms with Crippen LogP contribution in [0.3, 0.4) is 0 Å². The Morgan fingerprint density at radius 2 is 1.97 bits per heavy atom.